The summed E-state index contributed by atoms with van der Waals surface area (Å²) < 4.78 is 26.3. The molecule has 0 saturated carbocycles. The van der Waals surface area contributed by atoms with Crippen LogP contribution in [0.2, 0.25) is 18.1 Å². The van der Waals surface area contributed by atoms with E-state index in [2.05, 4.69) is 63.1 Å². The molecular formula is C48H62N4O7Si. The van der Waals surface area contributed by atoms with E-state index in [1.165, 1.54) is 0 Å². The minimum absolute atomic E-state index is 0.0356. The molecule has 3 aromatic carbocycles. The number of allylic oxidation sites excluding steroid dienone is 1. The van der Waals surface area contributed by atoms with E-state index in [1.54, 1.807) is 0 Å². The smallest absolute Gasteiger partial charge is 0.265 e. The molecule has 320 valence electrons. The summed E-state index contributed by atoms with van der Waals surface area (Å²) in [5.41, 5.74) is 3.53. The molecule has 1 heterocycles. The van der Waals surface area contributed by atoms with Gasteiger partial charge in [0.15, 0.2) is 25.5 Å². The Labute approximate surface area is 356 Å². The van der Waals surface area contributed by atoms with Crippen molar-refractivity contribution in [3.05, 3.63) is 117 Å². The number of nitrogens with zero attached hydrogens (tertiary/aromatic N) is 3. The third kappa shape index (κ3) is 7.72. The standard InChI is InChI=1S/C48H62N4O7Si/c1-29(2)25-49-26-33-24-36(56-27-30-18-14-12-15-19-30)38-34(40(33)51(6)7)22-32-23-35-41(52(8)9)43-39(46(50-58-43)57-28-31-20-16-13-17-21-31)45(55)48(35,44(54)37(32)42(38)53)59-60(10,11)47(3,4)5/h12-21,24,29,32,35,41,49,54H,22-23,25-28H2,1-11H3/t32-,35-,41-,48?/m0/s1. The Hall–Kier alpha value is -4.75. The largest absolute Gasteiger partial charge is 0.508 e. The van der Waals surface area contributed by atoms with Crippen LogP contribution in [0.5, 0.6) is 11.6 Å². The van der Waals surface area contributed by atoms with Crippen LogP contribution in [0, 0.1) is 17.8 Å². The first kappa shape index (κ1) is 43.3. The Balaban J connectivity index is 1.43. The number of aliphatic hydroxyl groups is 1. The highest BCUT2D eigenvalue weighted by Gasteiger charge is 2.67. The van der Waals surface area contributed by atoms with E-state index in [0.717, 1.165) is 34.5 Å². The minimum atomic E-state index is -2.89. The van der Waals surface area contributed by atoms with Crippen molar-refractivity contribution in [3.8, 4) is 11.6 Å². The summed E-state index contributed by atoms with van der Waals surface area (Å²) in [6.07, 6.45) is 0.820. The lowest BCUT2D eigenvalue weighted by molar-refractivity contribution is -0.0480. The van der Waals surface area contributed by atoms with Crippen LogP contribution in [0.1, 0.15) is 95.8 Å². The van der Waals surface area contributed by atoms with Gasteiger partial charge in [0.1, 0.15) is 30.3 Å². The number of fused-ring (bicyclic) bond motifs is 4. The number of ketones is 2. The first-order valence-corrected chi connectivity index (χ1v) is 24.1. The zero-order valence-electron chi connectivity index (χ0n) is 37.1. The third-order valence-corrected chi connectivity index (χ3v) is 17.3. The van der Waals surface area contributed by atoms with Crippen molar-refractivity contribution < 1.29 is 33.1 Å². The highest BCUT2D eigenvalue weighted by Crippen LogP contribution is 2.60. The summed E-state index contributed by atoms with van der Waals surface area (Å²) in [5, 5.41) is 20.8. The van der Waals surface area contributed by atoms with Gasteiger partial charge < -0.3 is 33.7 Å². The van der Waals surface area contributed by atoms with E-state index < -0.39 is 37.6 Å². The van der Waals surface area contributed by atoms with Crippen molar-refractivity contribution in [2.75, 3.05) is 39.6 Å². The second-order valence-corrected chi connectivity index (χ2v) is 23.8. The van der Waals surface area contributed by atoms with Crippen LogP contribution in [0.3, 0.4) is 0 Å². The molecular weight excluding hydrogens is 773 g/mol. The summed E-state index contributed by atoms with van der Waals surface area (Å²) in [5.74, 6) is -0.941. The predicted molar refractivity (Wildman–Crippen MR) is 236 cm³/mol. The molecule has 0 radical (unpaired) electrons. The second kappa shape index (κ2) is 16.6. The minimum Gasteiger partial charge on any atom is -0.508 e. The first-order chi connectivity index (χ1) is 28.4. The van der Waals surface area contributed by atoms with Crippen molar-refractivity contribution in [1.29, 1.82) is 0 Å². The molecule has 0 spiro atoms. The quantitative estimate of drug-likeness (QED) is 0.118. The van der Waals surface area contributed by atoms with Gasteiger partial charge in [-0.15, -0.1) is 0 Å². The molecule has 0 fully saturated rings. The number of carbonyl (C=O) groups is 2. The summed E-state index contributed by atoms with van der Waals surface area (Å²) in [6, 6.07) is 20.9. The van der Waals surface area contributed by atoms with Crippen molar-refractivity contribution in [2.45, 2.75) is 97.0 Å². The molecule has 11 nitrogen and oxygen atoms in total. The SMILES string of the molecule is CC(C)CNCc1cc(OCc2ccccc2)c2c(c1N(C)C)C[C@H]1C[C@H]3[C@H](N(C)C)c4onc(OCc5ccccc5)c4C(=O)C3(O[Si](C)(C)C(C)(C)C)C(O)=C1C2=O. The molecule has 60 heavy (non-hydrogen) atoms. The average Bonchev–Trinajstić information content (AvgIpc) is 3.60. The Morgan fingerprint density at radius 1 is 0.950 bits per heavy atom. The summed E-state index contributed by atoms with van der Waals surface area (Å²) in [6.45, 7) is 16.6. The fourth-order valence-corrected chi connectivity index (χ4v) is 10.6. The Kier molecular flexibility index (Phi) is 12.0. The number of Topliss-reactive ketones (excluding diaryl/α,β-unsaturated/α-hetero) is 2. The Morgan fingerprint density at radius 2 is 1.57 bits per heavy atom. The number of nitrogens with one attached hydrogen (secondary N) is 1. The van der Waals surface area contributed by atoms with Gasteiger partial charge in [-0.2, -0.15) is 0 Å². The molecule has 3 aliphatic rings. The van der Waals surface area contributed by atoms with Crippen molar-refractivity contribution in [1.82, 2.24) is 15.4 Å². The number of aliphatic hydroxyl groups excluding tert-OH is 1. The Morgan fingerprint density at radius 3 is 2.13 bits per heavy atom. The number of anilines is 1. The number of benzene rings is 3. The fourth-order valence-electron chi connectivity index (χ4n) is 9.10. The van der Waals surface area contributed by atoms with Crippen molar-refractivity contribution >= 4 is 25.6 Å². The molecule has 7 rings (SSSR count). The number of carbonyl (C=O) groups excluding carboxylic acids is 2. The van der Waals surface area contributed by atoms with Gasteiger partial charge in [-0.05, 0) is 96.9 Å². The molecule has 1 unspecified atom stereocenters. The number of rotatable bonds is 14. The average molecular weight is 835 g/mol. The summed E-state index contributed by atoms with van der Waals surface area (Å²) >= 11 is 0. The van der Waals surface area contributed by atoms with Crippen LogP contribution in [0.15, 0.2) is 82.6 Å². The third-order valence-electron chi connectivity index (χ3n) is 12.9. The van der Waals surface area contributed by atoms with Crippen LogP contribution < -0.4 is 19.7 Å². The molecule has 2 N–H and O–H groups in total. The monoisotopic (exact) mass is 834 g/mol. The van der Waals surface area contributed by atoms with Crippen molar-refractivity contribution in [3.63, 3.8) is 0 Å². The fraction of sp³-hybridized carbons (Fsp3) is 0.479. The number of hydrogen-bond donors (Lipinski definition) is 2. The lowest BCUT2D eigenvalue weighted by Gasteiger charge is -2.55. The van der Waals surface area contributed by atoms with Gasteiger partial charge in [-0.1, -0.05) is 95.3 Å². The van der Waals surface area contributed by atoms with Gasteiger partial charge in [0.05, 0.1) is 11.6 Å². The van der Waals surface area contributed by atoms with E-state index in [1.807, 2.05) is 99.8 Å². The highest BCUT2D eigenvalue weighted by atomic mass is 28.4. The van der Waals surface area contributed by atoms with Crippen LogP contribution in [0.25, 0.3) is 0 Å². The lowest BCUT2D eigenvalue weighted by atomic mass is 9.58. The van der Waals surface area contributed by atoms with Crippen LogP contribution in [-0.4, -0.2) is 75.4 Å². The van der Waals surface area contributed by atoms with Gasteiger partial charge in [-0.3, -0.25) is 14.5 Å². The van der Waals surface area contributed by atoms with Gasteiger partial charge in [0.25, 0.3) is 5.88 Å². The molecule has 4 atom stereocenters. The van der Waals surface area contributed by atoms with Crippen LogP contribution in [-0.2, 0) is 30.6 Å². The maximum absolute atomic E-state index is 15.7. The first-order valence-electron chi connectivity index (χ1n) is 21.2. The maximum atomic E-state index is 15.7. The van der Waals surface area contributed by atoms with Gasteiger partial charge in [0, 0.05) is 37.8 Å². The Bertz CT molecular complexity index is 2260. The van der Waals surface area contributed by atoms with E-state index in [0.29, 0.717) is 42.4 Å². The summed E-state index contributed by atoms with van der Waals surface area (Å²) in [4.78, 5) is 35.3. The lowest BCUT2D eigenvalue weighted by Crippen LogP contribution is -2.65. The van der Waals surface area contributed by atoms with E-state index in [4.69, 9.17) is 18.4 Å². The van der Waals surface area contributed by atoms with Gasteiger partial charge in [-0.25, -0.2) is 0 Å². The molecule has 0 saturated heterocycles. The highest BCUT2D eigenvalue weighted by molar-refractivity contribution is 6.74. The molecule has 0 aliphatic heterocycles. The molecule has 1 aromatic heterocycles. The zero-order chi connectivity index (χ0) is 43.3. The molecule has 12 heteroatoms. The summed E-state index contributed by atoms with van der Waals surface area (Å²) in [7, 11) is 4.99. The normalized spacial score (nSPS) is 21.4. The maximum Gasteiger partial charge on any atom is 0.265 e. The predicted octanol–water partition coefficient (Wildman–Crippen LogP) is 9.09. The molecule has 0 amide bonds. The van der Waals surface area contributed by atoms with E-state index in [-0.39, 0.29) is 46.8 Å². The zero-order valence-corrected chi connectivity index (χ0v) is 38.1. The number of aromatic nitrogens is 1. The number of hydrogen-bond acceptors (Lipinski definition) is 11. The second-order valence-electron chi connectivity index (χ2n) is 19.1. The molecule has 4 aromatic rings. The van der Waals surface area contributed by atoms with Gasteiger partial charge >= 0.3 is 0 Å². The van der Waals surface area contributed by atoms with E-state index in [9.17, 15) is 5.11 Å². The molecule has 0 bridgehead atoms. The van der Waals surface area contributed by atoms with Gasteiger partial charge in [0.2, 0.25) is 5.78 Å². The van der Waals surface area contributed by atoms with Crippen LogP contribution >= 0.6 is 0 Å². The molecule has 3 aliphatic carbocycles. The topological polar surface area (TPSA) is 127 Å². The number of ether oxygens (including phenoxy) is 2. The van der Waals surface area contributed by atoms with Crippen molar-refractivity contribution in [2.24, 2.45) is 17.8 Å². The van der Waals surface area contributed by atoms with E-state index >= 15 is 9.59 Å². The van der Waals surface area contributed by atoms with Crippen LogP contribution in [0.4, 0.5) is 5.69 Å².